The topological polar surface area (TPSA) is 50.4 Å². The zero-order valence-corrected chi connectivity index (χ0v) is 15.7. The van der Waals surface area contributed by atoms with E-state index in [1.54, 1.807) is 12.1 Å². The van der Waals surface area contributed by atoms with Crippen molar-refractivity contribution in [2.24, 2.45) is 0 Å². The van der Waals surface area contributed by atoms with Gasteiger partial charge in [-0.15, -0.1) is 0 Å². The largest absolute Gasteiger partial charge is 0.493 e. The third-order valence-corrected chi connectivity index (χ3v) is 4.04. The molecule has 25 heavy (non-hydrogen) atoms. The van der Waals surface area contributed by atoms with E-state index in [0.717, 1.165) is 29.7 Å². The maximum absolute atomic E-state index is 12.6. The summed E-state index contributed by atoms with van der Waals surface area (Å²) in [5.74, 6) is 0.291. The number of amides is 1. The molecule has 0 aromatic heterocycles. The number of nitrogens with one attached hydrogen (secondary N) is 2. The number of carbonyl (C=O) groups excluding carboxylic acids is 1. The summed E-state index contributed by atoms with van der Waals surface area (Å²) in [6.07, 6.45) is 1.99. The number of benzene rings is 2. The number of carbonyl (C=O) groups is 1. The standard InChI is InChI=1S/C20H24N2O2S/c1-4-5-13-24-17-12-7-6-11-16(17)19(23)22-20(25)21-18-14(2)9-8-10-15(18)3/h6-12H,4-5,13H2,1-3H3,(H2,21,22,23,25). The Balaban J connectivity index is 2.05. The van der Waals surface area contributed by atoms with Crippen LogP contribution in [-0.4, -0.2) is 17.6 Å². The van der Waals surface area contributed by atoms with Gasteiger partial charge in [-0.25, -0.2) is 0 Å². The van der Waals surface area contributed by atoms with Crippen molar-refractivity contribution in [3.63, 3.8) is 0 Å². The molecule has 0 fully saturated rings. The van der Waals surface area contributed by atoms with Gasteiger partial charge in [-0.2, -0.15) is 0 Å². The quantitative estimate of drug-likeness (QED) is 0.586. The van der Waals surface area contributed by atoms with E-state index >= 15 is 0 Å². The van der Waals surface area contributed by atoms with Crippen molar-refractivity contribution in [3.8, 4) is 5.75 Å². The molecule has 0 saturated carbocycles. The van der Waals surface area contributed by atoms with Crippen molar-refractivity contribution in [2.75, 3.05) is 11.9 Å². The predicted octanol–water partition coefficient (Wildman–Crippen LogP) is 4.61. The molecule has 0 atom stereocenters. The van der Waals surface area contributed by atoms with Crippen LogP contribution in [0.5, 0.6) is 5.75 Å². The average Bonchev–Trinajstić information content (AvgIpc) is 2.59. The monoisotopic (exact) mass is 356 g/mol. The van der Waals surface area contributed by atoms with Gasteiger partial charge in [0.15, 0.2) is 5.11 Å². The lowest BCUT2D eigenvalue weighted by Gasteiger charge is -2.15. The smallest absolute Gasteiger partial charge is 0.261 e. The summed E-state index contributed by atoms with van der Waals surface area (Å²) in [5.41, 5.74) is 3.53. The summed E-state index contributed by atoms with van der Waals surface area (Å²) in [6, 6.07) is 13.2. The fraction of sp³-hybridized carbons (Fsp3) is 0.300. The first kappa shape index (κ1) is 18.9. The summed E-state index contributed by atoms with van der Waals surface area (Å²) in [6.45, 7) is 6.68. The maximum Gasteiger partial charge on any atom is 0.261 e. The number of ether oxygens (including phenoxy) is 1. The molecule has 4 nitrogen and oxygen atoms in total. The van der Waals surface area contributed by atoms with Crippen LogP contribution in [0, 0.1) is 13.8 Å². The molecule has 0 unspecified atom stereocenters. The summed E-state index contributed by atoms with van der Waals surface area (Å²) < 4.78 is 5.71. The normalized spacial score (nSPS) is 10.2. The molecule has 0 aliphatic carbocycles. The highest BCUT2D eigenvalue weighted by Crippen LogP contribution is 2.20. The van der Waals surface area contributed by atoms with E-state index in [2.05, 4.69) is 17.6 Å². The summed E-state index contributed by atoms with van der Waals surface area (Å²) in [4.78, 5) is 12.6. The molecular weight excluding hydrogens is 332 g/mol. The Morgan fingerprint density at radius 3 is 2.44 bits per heavy atom. The molecule has 2 aromatic rings. The highest BCUT2D eigenvalue weighted by Gasteiger charge is 2.14. The minimum atomic E-state index is -0.282. The second kappa shape index (κ2) is 9.18. The van der Waals surface area contributed by atoms with Gasteiger partial charge >= 0.3 is 0 Å². The summed E-state index contributed by atoms with van der Waals surface area (Å²) >= 11 is 5.30. The number of hydrogen-bond acceptors (Lipinski definition) is 3. The fourth-order valence-corrected chi connectivity index (χ4v) is 2.63. The maximum atomic E-state index is 12.6. The molecule has 132 valence electrons. The number of unbranched alkanes of at least 4 members (excludes halogenated alkanes) is 1. The third kappa shape index (κ3) is 5.29. The molecule has 0 spiro atoms. The number of thiocarbonyl (C=S) groups is 1. The second-order valence-corrected chi connectivity index (χ2v) is 6.28. The molecule has 0 bridgehead atoms. The van der Waals surface area contributed by atoms with Gasteiger partial charge in [-0.3, -0.25) is 10.1 Å². The van der Waals surface area contributed by atoms with Crippen LogP contribution in [-0.2, 0) is 0 Å². The second-order valence-electron chi connectivity index (χ2n) is 5.87. The number of para-hydroxylation sites is 2. The lowest BCUT2D eigenvalue weighted by Crippen LogP contribution is -2.34. The van der Waals surface area contributed by atoms with Crippen molar-refractivity contribution < 1.29 is 9.53 Å². The Hall–Kier alpha value is -2.40. The van der Waals surface area contributed by atoms with E-state index in [9.17, 15) is 4.79 Å². The molecule has 0 aliphatic heterocycles. The van der Waals surface area contributed by atoms with Gasteiger partial charge < -0.3 is 10.1 Å². The van der Waals surface area contributed by atoms with E-state index in [-0.39, 0.29) is 11.0 Å². The predicted molar refractivity (Wildman–Crippen MR) is 106 cm³/mol. The molecule has 0 radical (unpaired) electrons. The Morgan fingerprint density at radius 2 is 1.76 bits per heavy atom. The zero-order chi connectivity index (χ0) is 18.2. The van der Waals surface area contributed by atoms with Crippen LogP contribution in [0.4, 0.5) is 5.69 Å². The van der Waals surface area contributed by atoms with Gasteiger partial charge in [0.05, 0.1) is 12.2 Å². The van der Waals surface area contributed by atoms with Crippen molar-refractivity contribution in [2.45, 2.75) is 33.6 Å². The molecule has 1 amide bonds. The highest BCUT2D eigenvalue weighted by molar-refractivity contribution is 7.80. The Kier molecular flexibility index (Phi) is 6.95. The zero-order valence-electron chi connectivity index (χ0n) is 14.9. The number of aryl methyl sites for hydroxylation is 2. The molecule has 0 heterocycles. The number of anilines is 1. The minimum absolute atomic E-state index is 0.269. The molecule has 0 saturated heterocycles. The van der Waals surface area contributed by atoms with E-state index < -0.39 is 0 Å². The van der Waals surface area contributed by atoms with Crippen molar-refractivity contribution in [3.05, 3.63) is 59.2 Å². The van der Waals surface area contributed by atoms with E-state index in [0.29, 0.717) is 17.9 Å². The first-order valence-electron chi connectivity index (χ1n) is 8.43. The average molecular weight is 356 g/mol. The van der Waals surface area contributed by atoms with Gasteiger partial charge in [-0.1, -0.05) is 43.7 Å². The Morgan fingerprint density at radius 1 is 1.08 bits per heavy atom. The minimum Gasteiger partial charge on any atom is -0.493 e. The van der Waals surface area contributed by atoms with Gasteiger partial charge in [0.2, 0.25) is 0 Å². The van der Waals surface area contributed by atoms with Gasteiger partial charge in [0.25, 0.3) is 5.91 Å². The van der Waals surface area contributed by atoms with E-state index in [4.69, 9.17) is 17.0 Å². The van der Waals surface area contributed by atoms with Crippen LogP contribution >= 0.6 is 12.2 Å². The Labute approximate surface area is 154 Å². The van der Waals surface area contributed by atoms with Crippen LogP contribution in [0.2, 0.25) is 0 Å². The Bertz CT molecular complexity index is 739. The number of hydrogen-bond donors (Lipinski definition) is 2. The van der Waals surface area contributed by atoms with Gasteiger partial charge in [0, 0.05) is 5.69 Å². The van der Waals surface area contributed by atoms with Crippen LogP contribution < -0.4 is 15.4 Å². The third-order valence-electron chi connectivity index (χ3n) is 3.83. The van der Waals surface area contributed by atoms with Crippen molar-refractivity contribution in [1.29, 1.82) is 0 Å². The summed E-state index contributed by atoms with van der Waals surface area (Å²) in [7, 11) is 0. The highest BCUT2D eigenvalue weighted by atomic mass is 32.1. The van der Waals surface area contributed by atoms with Crippen LogP contribution in [0.3, 0.4) is 0 Å². The van der Waals surface area contributed by atoms with Crippen molar-refractivity contribution >= 4 is 28.9 Å². The van der Waals surface area contributed by atoms with Gasteiger partial charge in [-0.05, 0) is 55.7 Å². The first-order chi connectivity index (χ1) is 12.0. The summed E-state index contributed by atoms with van der Waals surface area (Å²) in [5, 5.41) is 6.11. The van der Waals surface area contributed by atoms with E-state index in [1.165, 1.54) is 0 Å². The number of rotatable bonds is 6. The van der Waals surface area contributed by atoms with E-state index in [1.807, 2.05) is 44.2 Å². The van der Waals surface area contributed by atoms with Crippen LogP contribution in [0.1, 0.15) is 41.3 Å². The first-order valence-corrected chi connectivity index (χ1v) is 8.84. The van der Waals surface area contributed by atoms with Crippen molar-refractivity contribution in [1.82, 2.24) is 5.32 Å². The molecule has 2 rings (SSSR count). The molecule has 2 aromatic carbocycles. The molecule has 0 aliphatic rings. The molecule has 2 N–H and O–H groups in total. The van der Waals surface area contributed by atoms with Crippen LogP contribution in [0.15, 0.2) is 42.5 Å². The lowest BCUT2D eigenvalue weighted by atomic mass is 10.1. The lowest BCUT2D eigenvalue weighted by molar-refractivity contribution is 0.0973. The molecule has 5 heteroatoms. The van der Waals surface area contributed by atoms with Crippen LogP contribution in [0.25, 0.3) is 0 Å². The SMILES string of the molecule is CCCCOc1ccccc1C(=O)NC(=S)Nc1c(C)cccc1C. The molecular formula is C20H24N2O2S. The fourth-order valence-electron chi connectivity index (χ4n) is 2.43. The van der Waals surface area contributed by atoms with Gasteiger partial charge in [0.1, 0.15) is 5.75 Å².